The molecule has 4 aliphatic rings. The lowest BCUT2D eigenvalue weighted by Gasteiger charge is -2.68. The minimum absolute atomic E-state index is 0.0874. The molecule has 3 aliphatic heterocycles. The van der Waals surface area contributed by atoms with Gasteiger partial charge in [-0.05, 0) is 24.1 Å². The summed E-state index contributed by atoms with van der Waals surface area (Å²) in [7, 11) is 1.38. The van der Waals surface area contributed by atoms with E-state index in [4.69, 9.17) is 14.5 Å². The fraction of sp³-hybridized carbons (Fsp3) is 0.522. The average molecular weight is 410 g/mol. The number of allylic oxidation sites excluding steroid dienone is 1. The van der Waals surface area contributed by atoms with Gasteiger partial charge < -0.3 is 19.3 Å². The molecule has 3 heterocycles. The highest BCUT2D eigenvalue weighted by Crippen LogP contribution is 2.67. The lowest BCUT2D eigenvalue weighted by Crippen LogP contribution is -2.79. The molecule has 1 aromatic rings. The number of benzene rings is 1. The topological polar surface area (TPSA) is 88.0 Å². The number of esters is 2. The number of para-hydroxylation sites is 1. The van der Waals surface area contributed by atoms with Crippen molar-refractivity contribution < 1.29 is 23.7 Å². The van der Waals surface area contributed by atoms with Crippen molar-refractivity contribution in [3.05, 3.63) is 46.7 Å². The van der Waals surface area contributed by atoms with Crippen LogP contribution in [0.5, 0.6) is 0 Å². The number of hydrogen-bond donors (Lipinski definition) is 0. The van der Waals surface area contributed by atoms with E-state index in [0.717, 1.165) is 22.5 Å². The molecule has 0 amide bonds. The number of carbonyl (C=O) groups excluding carboxylic acids is 2. The SMILES string of the molecule is C/C=C1/C[N+]2([O-])CC[C@]34C(=Nc5ccccc53)[C@@H]2C[C@@H]1[C@@]4(COC(C)=O)C(=O)OC. The minimum Gasteiger partial charge on any atom is -0.632 e. The van der Waals surface area contributed by atoms with Crippen LogP contribution in [-0.2, 0) is 24.5 Å². The summed E-state index contributed by atoms with van der Waals surface area (Å²) in [5, 5.41) is 13.9. The quantitative estimate of drug-likeness (QED) is 0.331. The molecule has 1 saturated carbocycles. The summed E-state index contributed by atoms with van der Waals surface area (Å²) in [5.74, 6) is -1.09. The monoisotopic (exact) mass is 410 g/mol. The minimum atomic E-state index is -1.15. The van der Waals surface area contributed by atoms with Gasteiger partial charge in [0.15, 0.2) is 0 Å². The number of aliphatic imine (C=N–C) groups is 1. The number of piperidine rings is 2. The van der Waals surface area contributed by atoms with Gasteiger partial charge in [0, 0.05) is 25.7 Å². The smallest absolute Gasteiger partial charge is 0.317 e. The van der Waals surface area contributed by atoms with Crippen molar-refractivity contribution in [3.8, 4) is 0 Å². The number of methoxy groups -OCH3 is 1. The Hall–Kier alpha value is -2.51. The summed E-state index contributed by atoms with van der Waals surface area (Å²) in [6.07, 6.45) is 2.94. The standard InChI is InChI=1S/C23H26N2O5/c1-4-15-12-25(28)10-9-22-16-7-5-6-8-18(16)24-20(22)19(25)11-17(15)23(22,21(27)29-3)13-30-14(2)26/h4-8,17,19H,9-13H2,1-3H3/b15-4-/t17-,19-,22+,23-,25?/m0/s1. The third-order valence-electron chi connectivity index (χ3n) is 7.93. The number of hydrogen-bond acceptors (Lipinski definition) is 6. The Balaban J connectivity index is 1.85. The first-order valence-electron chi connectivity index (χ1n) is 10.5. The molecule has 0 N–H and O–H groups in total. The first-order chi connectivity index (χ1) is 14.3. The highest BCUT2D eigenvalue weighted by atomic mass is 16.6. The summed E-state index contributed by atoms with van der Waals surface area (Å²) < 4.78 is 10.7. The molecule has 3 bridgehead atoms. The van der Waals surface area contributed by atoms with Gasteiger partial charge in [-0.1, -0.05) is 24.3 Å². The van der Waals surface area contributed by atoms with E-state index in [2.05, 4.69) is 0 Å². The van der Waals surface area contributed by atoms with Gasteiger partial charge in [-0.25, -0.2) is 0 Å². The second-order valence-corrected chi connectivity index (χ2v) is 8.91. The van der Waals surface area contributed by atoms with E-state index in [1.807, 2.05) is 37.3 Å². The number of ether oxygens (including phenoxy) is 2. The van der Waals surface area contributed by atoms with E-state index in [1.165, 1.54) is 14.0 Å². The van der Waals surface area contributed by atoms with Gasteiger partial charge in [-0.3, -0.25) is 14.6 Å². The van der Waals surface area contributed by atoms with Crippen molar-refractivity contribution in [2.24, 2.45) is 16.3 Å². The second kappa shape index (κ2) is 6.25. The molecule has 5 atom stereocenters. The second-order valence-electron chi connectivity index (χ2n) is 8.91. The van der Waals surface area contributed by atoms with Crippen molar-refractivity contribution in [1.82, 2.24) is 0 Å². The number of quaternary nitrogens is 1. The zero-order valence-corrected chi connectivity index (χ0v) is 17.5. The van der Waals surface area contributed by atoms with Crippen LogP contribution < -0.4 is 0 Å². The summed E-state index contributed by atoms with van der Waals surface area (Å²) in [6.45, 7) is 3.89. The first-order valence-corrected chi connectivity index (χ1v) is 10.5. The van der Waals surface area contributed by atoms with Gasteiger partial charge in [0.25, 0.3) is 0 Å². The van der Waals surface area contributed by atoms with E-state index in [9.17, 15) is 14.8 Å². The number of rotatable bonds is 3. The number of nitrogens with zero attached hydrogens (tertiary/aromatic N) is 2. The van der Waals surface area contributed by atoms with Crippen molar-refractivity contribution >= 4 is 23.3 Å². The molecule has 0 spiro atoms. The Morgan fingerprint density at radius 2 is 2.13 bits per heavy atom. The maximum atomic E-state index is 13.9. The maximum Gasteiger partial charge on any atom is 0.317 e. The third kappa shape index (κ3) is 2.09. The normalized spacial score (nSPS) is 39.2. The largest absolute Gasteiger partial charge is 0.632 e. The lowest BCUT2D eigenvalue weighted by atomic mass is 9.43. The molecular weight excluding hydrogens is 384 g/mol. The van der Waals surface area contributed by atoms with Crippen LogP contribution in [0.25, 0.3) is 0 Å². The van der Waals surface area contributed by atoms with Crippen LogP contribution in [0.4, 0.5) is 5.69 Å². The predicted molar refractivity (Wildman–Crippen MR) is 110 cm³/mol. The fourth-order valence-electron chi connectivity index (χ4n) is 6.74. The first kappa shape index (κ1) is 19.5. The highest BCUT2D eigenvalue weighted by Gasteiger charge is 2.76. The number of fused-ring (bicyclic) bond motifs is 2. The molecule has 7 nitrogen and oxygen atoms in total. The van der Waals surface area contributed by atoms with Gasteiger partial charge in [-0.2, -0.15) is 0 Å². The van der Waals surface area contributed by atoms with Crippen molar-refractivity contribution in [2.45, 2.75) is 38.1 Å². The molecule has 2 saturated heterocycles. The molecule has 1 unspecified atom stereocenters. The summed E-state index contributed by atoms with van der Waals surface area (Å²) >= 11 is 0. The van der Waals surface area contributed by atoms with Crippen LogP contribution in [0.1, 0.15) is 32.3 Å². The van der Waals surface area contributed by atoms with Crippen LogP contribution in [0.15, 0.2) is 40.9 Å². The van der Waals surface area contributed by atoms with Crippen LogP contribution in [0, 0.1) is 16.5 Å². The molecule has 30 heavy (non-hydrogen) atoms. The van der Waals surface area contributed by atoms with Gasteiger partial charge >= 0.3 is 11.9 Å². The van der Waals surface area contributed by atoms with Gasteiger partial charge in [0.05, 0.1) is 30.5 Å². The van der Waals surface area contributed by atoms with Crippen LogP contribution in [0.3, 0.4) is 0 Å². The van der Waals surface area contributed by atoms with E-state index >= 15 is 0 Å². The Labute approximate surface area is 175 Å². The molecule has 158 valence electrons. The molecule has 0 aromatic heterocycles. The number of carbonyl (C=O) groups is 2. The van der Waals surface area contributed by atoms with Crippen LogP contribution in [-0.4, -0.2) is 55.1 Å². The van der Waals surface area contributed by atoms with Gasteiger partial charge in [-0.15, -0.1) is 0 Å². The molecule has 1 aromatic carbocycles. The fourth-order valence-corrected chi connectivity index (χ4v) is 6.74. The van der Waals surface area contributed by atoms with E-state index in [0.29, 0.717) is 25.9 Å². The average Bonchev–Trinajstić information content (AvgIpc) is 3.09. The Morgan fingerprint density at radius 3 is 2.83 bits per heavy atom. The Morgan fingerprint density at radius 1 is 1.37 bits per heavy atom. The third-order valence-corrected chi connectivity index (χ3v) is 7.93. The summed E-state index contributed by atoms with van der Waals surface area (Å²) in [6, 6.07) is 7.49. The molecule has 1 aliphatic carbocycles. The molecular formula is C23H26N2O5. The van der Waals surface area contributed by atoms with Crippen molar-refractivity contribution in [3.63, 3.8) is 0 Å². The highest BCUT2D eigenvalue weighted by molar-refractivity contribution is 6.10. The molecule has 7 heteroatoms. The molecule has 3 fully saturated rings. The van der Waals surface area contributed by atoms with Crippen molar-refractivity contribution in [1.29, 1.82) is 0 Å². The zero-order chi connectivity index (χ0) is 21.3. The van der Waals surface area contributed by atoms with Gasteiger partial charge in [0.2, 0.25) is 0 Å². The van der Waals surface area contributed by atoms with Crippen molar-refractivity contribution in [2.75, 3.05) is 26.8 Å². The van der Waals surface area contributed by atoms with Crippen LogP contribution >= 0.6 is 0 Å². The predicted octanol–water partition coefficient (Wildman–Crippen LogP) is 2.80. The maximum absolute atomic E-state index is 13.9. The lowest BCUT2D eigenvalue weighted by molar-refractivity contribution is -0.901. The Bertz CT molecular complexity index is 1020. The van der Waals surface area contributed by atoms with E-state index in [-0.39, 0.29) is 23.2 Å². The molecule has 5 rings (SSSR count). The summed E-state index contributed by atoms with van der Waals surface area (Å²) in [4.78, 5) is 30.5. The van der Waals surface area contributed by atoms with E-state index in [1.54, 1.807) is 0 Å². The molecule has 0 radical (unpaired) electrons. The van der Waals surface area contributed by atoms with Crippen LogP contribution in [0.2, 0.25) is 0 Å². The van der Waals surface area contributed by atoms with Gasteiger partial charge in [0.1, 0.15) is 24.6 Å². The summed E-state index contributed by atoms with van der Waals surface area (Å²) in [5.41, 5.74) is 1.50. The zero-order valence-electron chi connectivity index (χ0n) is 17.5. The Kier molecular flexibility index (Phi) is 4.05. The number of hydroxylamine groups is 3. The van der Waals surface area contributed by atoms with E-state index < -0.39 is 22.8 Å².